The van der Waals surface area contributed by atoms with Crippen LogP contribution in [0.1, 0.15) is 5.69 Å². The average molecular weight is 282 g/mol. The number of rotatable bonds is 5. The standard InChI is InChI=1S/C15H14N4O2/c20-14(21)11-19(13-5-2-1-3-6-13)10-12-9-18-8-4-7-16-15(18)17-12/h1-9H,10-11H2,(H,20,21). The Kier molecular flexibility index (Phi) is 3.51. The van der Waals surface area contributed by atoms with Crippen molar-refractivity contribution in [3.8, 4) is 0 Å². The number of anilines is 1. The van der Waals surface area contributed by atoms with Crippen molar-refractivity contribution in [1.29, 1.82) is 0 Å². The minimum Gasteiger partial charge on any atom is -0.480 e. The molecule has 0 aliphatic carbocycles. The quantitative estimate of drug-likeness (QED) is 0.773. The molecule has 6 heteroatoms. The second kappa shape index (κ2) is 5.62. The van der Waals surface area contributed by atoms with Crippen LogP contribution in [-0.4, -0.2) is 32.0 Å². The lowest BCUT2D eigenvalue weighted by atomic mass is 10.2. The molecule has 0 aliphatic heterocycles. The van der Waals surface area contributed by atoms with Crippen LogP contribution in [-0.2, 0) is 11.3 Å². The first-order valence-electron chi connectivity index (χ1n) is 6.53. The third kappa shape index (κ3) is 3.00. The topological polar surface area (TPSA) is 70.7 Å². The van der Waals surface area contributed by atoms with Crippen molar-refractivity contribution in [3.63, 3.8) is 0 Å². The van der Waals surface area contributed by atoms with E-state index in [0.717, 1.165) is 11.4 Å². The molecule has 2 aromatic heterocycles. The SMILES string of the molecule is O=C(O)CN(Cc1cn2cccnc2n1)c1ccccc1. The number of aliphatic carboxylic acids is 1. The smallest absolute Gasteiger partial charge is 0.323 e. The molecule has 2 heterocycles. The van der Waals surface area contributed by atoms with Gasteiger partial charge >= 0.3 is 5.97 Å². The first-order valence-corrected chi connectivity index (χ1v) is 6.53. The Morgan fingerprint density at radius 3 is 2.76 bits per heavy atom. The van der Waals surface area contributed by atoms with E-state index < -0.39 is 5.97 Å². The summed E-state index contributed by atoms with van der Waals surface area (Å²) in [6.07, 6.45) is 5.40. The van der Waals surface area contributed by atoms with Crippen LogP contribution in [0.15, 0.2) is 55.0 Å². The summed E-state index contributed by atoms with van der Waals surface area (Å²) in [6.45, 7) is 0.338. The van der Waals surface area contributed by atoms with Gasteiger partial charge in [0.25, 0.3) is 0 Å². The second-order valence-electron chi connectivity index (χ2n) is 4.64. The normalized spacial score (nSPS) is 10.7. The van der Waals surface area contributed by atoms with Crippen molar-refractivity contribution < 1.29 is 9.90 Å². The molecule has 21 heavy (non-hydrogen) atoms. The van der Waals surface area contributed by atoms with E-state index in [2.05, 4.69) is 9.97 Å². The number of imidazole rings is 1. The summed E-state index contributed by atoms with van der Waals surface area (Å²) in [6, 6.07) is 11.3. The number of fused-ring (bicyclic) bond motifs is 1. The maximum atomic E-state index is 11.1. The van der Waals surface area contributed by atoms with Crippen molar-refractivity contribution in [2.24, 2.45) is 0 Å². The third-order valence-corrected chi connectivity index (χ3v) is 3.09. The van der Waals surface area contributed by atoms with Gasteiger partial charge in [-0.3, -0.25) is 9.20 Å². The molecule has 3 rings (SSSR count). The zero-order valence-electron chi connectivity index (χ0n) is 11.3. The summed E-state index contributed by atoms with van der Waals surface area (Å²) in [5.74, 6) is -0.267. The van der Waals surface area contributed by atoms with E-state index in [1.807, 2.05) is 53.2 Å². The summed E-state index contributed by atoms with van der Waals surface area (Å²) in [7, 11) is 0. The molecule has 3 aromatic rings. The summed E-state index contributed by atoms with van der Waals surface area (Å²) >= 11 is 0. The minimum atomic E-state index is -0.874. The third-order valence-electron chi connectivity index (χ3n) is 3.09. The lowest BCUT2D eigenvalue weighted by Gasteiger charge is -2.21. The van der Waals surface area contributed by atoms with Crippen LogP contribution in [0.4, 0.5) is 5.69 Å². The number of aromatic nitrogens is 3. The molecule has 0 saturated heterocycles. The first-order chi connectivity index (χ1) is 10.2. The lowest BCUT2D eigenvalue weighted by molar-refractivity contribution is -0.135. The highest BCUT2D eigenvalue weighted by Gasteiger charge is 2.13. The number of hydrogen-bond donors (Lipinski definition) is 1. The highest BCUT2D eigenvalue weighted by molar-refractivity contribution is 5.73. The first kappa shape index (κ1) is 13.1. The molecule has 0 fully saturated rings. The van der Waals surface area contributed by atoms with Gasteiger partial charge in [-0.1, -0.05) is 18.2 Å². The predicted octanol–water partition coefficient (Wildman–Crippen LogP) is 1.82. The van der Waals surface area contributed by atoms with Crippen molar-refractivity contribution in [2.45, 2.75) is 6.54 Å². The molecule has 0 atom stereocenters. The van der Waals surface area contributed by atoms with Gasteiger partial charge in [0.05, 0.1) is 12.2 Å². The van der Waals surface area contributed by atoms with Gasteiger partial charge < -0.3 is 10.0 Å². The Morgan fingerprint density at radius 2 is 2.05 bits per heavy atom. The van der Waals surface area contributed by atoms with Gasteiger partial charge in [0, 0.05) is 24.3 Å². The van der Waals surface area contributed by atoms with E-state index in [0.29, 0.717) is 12.3 Å². The van der Waals surface area contributed by atoms with Crippen LogP contribution < -0.4 is 4.90 Å². The maximum absolute atomic E-state index is 11.1. The van der Waals surface area contributed by atoms with Gasteiger partial charge in [0.1, 0.15) is 6.54 Å². The Morgan fingerprint density at radius 1 is 1.24 bits per heavy atom. The summed E-state index contributed by atoms with van der Waals surface area (Å²) in [5, 5.41) is 9.08. The summed E-state index contributed by atoms with van der Waals surface area (Å²) in [5.41, 5.74) is 1.63. The largest absolute Gasteiger partial charge is 0.480 e. The van der Waals surface area contributed by atoms with E-state index >= 15 is 0 Å². The van der Waals surface area contributed by atoms with Crippen molar-refractivity contribution in [3.05, 3.63) is 60.7 Å². The highest BCUT2D eigenvalue weighted by Crippen LogP contribution is 2.16. The lowest BCUT2D eigenvalue weighted by Crippen LogP contribution is -2.29. The minimum absolute atomic E-state index is 0.0781. The molecule has 1 aromatic carbocycles. The Balaban J connectivity index is 1.88. The van der Waals surface area contributed by atoms with Crippen molar-refractivity contribution in [2.75, 3.05) is 11.4 Å². The van der Waals surface area contributed by atoms with Crippen molar-refractivity contribution in [1.82, 2.24) is 14.4 Å². The number of para-hydroxylation sites is 1. The number of hydrogen-bond acceptors (Lipinski definition) is 4. The van der Waals surface area contributed by atoms with Gasteiger partial charge in [-0.2, -0.15) is 0 Å². The zero-order valence-corrected chi connectivity index (χ0v) is 11.3. The Labute approximate surface area is 121 Å². The molecule has 0 saturated carbocycles. The maximum Gasteiger partial charge on any atom is 0.323 e. The van der Waals surface area contributed by atoms with Gasteiger partial charge in [-0.15, -0.1) is 0 Å². The van der Waals surface area contributed by atoms with Crippen LogP contribution >= 0.6 is 0 Å². The van der Waals surface area contributed by atoms with E-state index in [4.69, 9.17) is 5.11 Å². The molecule has 1 N–H and O–H groups in total. The molecule has 6 nitrogen and oxygen atoms in total. The molecular weight excluding hydrogens is 268 g/mol. The molecule has 106 valence electrons. The van der Waals surface area contributed by atoms with E-state index in [-0.39, 0.29) is 6.54 Å². The van der Waals surface area contributed by atoms with Crippen LogP contribution in [0.25, 0.3) is 5.78 Å². The van der Waals surface area contributed by atoms with Gasteiger partial charge in [0.15, 0.2) is 0 Å². The fourth-order valence-corrected chi connectivity index (χ4v) is 2.19. The fraction of sp³-hybridized carbons (Fsp3) is 0.133. The van der Waals surface area contributed by atoms with Crippen LogP contribution in [0, 0.1) is 0 Å². The number of carboxylic acids is 1. The molecule has 0 amide bonds. The predicted molar refractivity (Wildman–Crippen MR) is 78.1 cm³/mol. The molecule has 0 spiro atoms. The number of benzene rings is 1. The van der Waals surface area contributed by atoms with E-state index in [9.17, 15) is 4.79 Å². The Bertz CT molecular complexity index is 721. The van der Waals surface area contributed by atoms with Crippen LogP contribution in [0.2, 0.25) is 0 Å². The summed E-state index contributed by atoms with van der Waals surface area (Å²) in [4.78, 5) is 21.4. The van der Waals surface area contributed by atoms with Crippen molar-refractivity contribution >= 4 is 17.4 Å². The van der Waals surface area contributed by atoms with Gasteiger partial charge in [0.2, 0.25) is 5.78 Å². The average Bonchev–Trinajstić information content (AvgIpc) is 2.89. The second-order valence-corrected chi connectivity index (χ2v) is 4.64. The summed E-state index contributed by atoms with van der Waals surface area (Å²) < 4.78 is 1.82. The number of carboxylic acid groups (broad SMARTS) is 1. The van der Waals surface area contributed by atoms with Crippen LogP contribution in [0.5, 0.6) is 0 Å². The highest BCUT2D eigenvalue weighted by atomic mass is 16.4. The molecular formula is C15H14N4O2. The number of carbonyl (C=O) groups is 1. The molecule has 0 aliphatic rings. The number of nitrogens with zero attached hydrogens (tertiary/aromatic N) is 4. The Hall–Kier alpha value is -2.89. The fourth-order valence-electron chi connectivity index (χ4n) is 2.19. The van der Waals surface area contributed by atoms with Gasteiger partial charge in [-0.25, -0.2) is 9.97 Å². The van der Waals surface area contributed by atoms with Gasteiger partial charge in [-0.05, 0) is 18.2 Å². The van der Waals surface area contributed by atoms with E-state index in [1.54, 1.807) is 11.1 Å². The zero-order chi connectivity index (χ0) is 14.7. The monoisotopic (exact) mass is 282 g/mol. The molecule has 0 radical (unpaired) electrons. The van der Waals surface area contributed by atoms with Crippen LogP contribution in [0.3, 0.4) is 0 Å². The molecule has 0 unspecified atom stereocenters. The van der Waals surface area contributed by atoms with E-state index in [1.165, 1.54) is 0 Å². The molecule has 0 bridgehead atoms.